The van der Waals surface area contributed by atoms with Gasteiger partial charge in [-0.2, -0.15) is 0 Å². The zero-order valence-electron chi connectivity index (χ0n) is 8.63. The Hall–Kier alpha value is -0.350. The first-order valence-corrected chi connectivity index (χ1v) is 7.02. The lowest BCUT2D eigenvalue weighted by atomic mass is 10.2. The quantitative estimate of drug-likeness (QED) is 0.883. The smallest absolute Gasteiger partial charge is 0.0965 e. The molecule has 82 valence electrons. The molecule has 0 aromatic carbocycles. The zero-order chi connectivity index (χ0) is 10.5. The van der Waals surface area contributed by atoms with Gasteiger partial charge in [-0.25, -0.2) is 0 Å². The monoisotopic (exact) mass is 286 g/mol. The van der Waals surface area contributed by atoms with E-state index in [4.69, 9.17) is 0 Å². The molecule has 2 heterocycles. The van der Waals surface area contributed by atoms with Crippen LogP contribution in [-0.4, -0.2) is 12.4 Å². The molecule has 1 aliphatic rings. The van der Waals surface area contributed by atoms with Crippen LogP contribution >= 0.6 is 27.3 Å². The summed E-state index contributed by atoms with van der Waals surface area (Å²) in [5.41, 5.74) is 0. The summed E-state index contributed by atoms with van der Waals surface area (Å²) in [5.74, 6) is 1.19. The van der Waals surface area contributed by atoms with Crippen LogP contribution in [0.3, 0.4) is 0 Å². The van der Waals surface area contributed by atoms with Crippen molar-refractivity contribution < 1.29 is 0 Å². The molecule has 0 spiro atoms. The fourth-order valence-corrected chi connectivity index (χ4v) is 3.08. The summed E-state index contributed by atoms with van der Waals surface area (Å²) < 4.78 is 1.20. The maximum atomic E-state index is 4.55. The normalized spacial score (nSPS) is 17.0. The molecule has 15 heavy (non-hydrogen) atoms. The second kappa shape index (κ2) is 5.66. The van der Waals surface area contributed by atoms with Gasteiger partial charge in [0.25, 0.3) is 0 Å². The highest BCUT2D eigenvalue weighted by atomic mass is 79.9. The summed E-state index contributed by atoms with van der Waals surface area (Å²) >= 11 is 5.32. The van der Waals surface area contributed by atoms with E-state index < -0.39 is 0 Å². The molecule has 0 aliphatic carbocycles. The average Bonchev–Trinajstić information content (AvgIpc) is 2.53. The Morgan fingerprint density at radius 3 is 3.13 bits per heavy atom. The van der Waals surface area contributed by atoms with Gasteiger partial charge >= 0.3 is 0 Å². The number of rotatable bonds is 2. The van der Waals surface area contributed by atoms with Crippen LogP contribution in [0.25, 0.3) is 0 Å². The first-order chi connectivity index (χ1) is 7.36. The molecule has 0 atom stereocenters. The van der Waals surface area contributed by atoms with Crippen LogP contribution in [0.2, 0.25) is 0 Å². The molecule has 1 N–H and O–H groups in total. The predicted molar refractivity (Wildman–Crippen MR) is 69.6 cm³/mol. The number of thiophene rings is 1. The first kappa shape index (κ1) is 11.1. The van der Waals surface area contributed by atoms with E-state index in [1.54, 1.807) is 11.3 Å². The van der Waals surface area contributed by atoms with Crippen LogP contribution < -0.4 is 5.32 Å². The summed E-state index contributed by atoms with van der Waals surface area (Å²) in [6.07, 6.45) is 4.95. The largest absolute Gasteiger partial charge is 0.369 e. The van der Waals surface area contributed by atoms with E-state index in [-0.39, 0.29) is 0 Å². The van der Waals surface area contributed by atoms with Crippen molar-refractivity contribution in [3.63, 3.8) is 0 Å². The van der Waals surface area contributed by atoms with Gasteiger partial charge < -0.3 is 5.32 Å². The number of hydrogen-bond acceptors (Lipinski definition) is 3. The van der Waals surface area contributed by atoms with Crippen molar-refractivity contribution in [2.24, 2.45) is 4.99 Å². The van der Waals surface area contributed by atoms with Crippen molar-refractivity contribution in [2.45, 2.75) is 32.2 Å². The molecule has 0 saturated heterocycles. The molecule has 0 saturated carbocycles. The van der Waals surface area contributed by atoms with E-state index in [2.05, 4.69) is 37.7 Å². The highest BCUT2D eigenvalue weighted by Crippen LogP contribution is 2.22. The van der Waals surface area contributed by atoms with Gasteiger partial charge in [0.1, 0.15) is 0 Å². The van der Waals surface area contributed by atoms with Crippen molar-refractivity contribution in [1.29, 1.82) is 0 Å². The highest BCUT2D eigenvalue weighted by molar-refractivity contribution is 9.10. The van der Waals surface area contributed by atoms with Crippen LogP contribution in [0.1, 0.15) is 30.6 Å². The highest BCUT2D eigenvalue weighted by Gasteiger charge is 2.05. The van der Waals surface area contributed by atoms with Crippen molar-refractivity contribution in [1.82, 2.24) is 5.32 Å². The summed E-state index contributed by atoms with van der Waals surface area (Å²) in [7, 11) is 0. The second-order valence-electron chi connectivity index (χ2n) is 3.68. The van der Waals surface area contributed by atoms with Gasteiger partial charge in [-0.3, -0.25) is 4.99 Å². The van der Waals surface area contributed by atoms with E-state index in [9.17, 15) is 0 Å². The summed E-state index contributed by atoms with van der Waals surface area (Å²) in [6, 6.07) is 2.09. The number of halogens is 1. The third kappa shape index (κ3) is 3.31. The van der Waals surface area contributed by atoms with Gasteiger partial charge in [0.2, 0.25) is 0 Å². The lowest BCUT2D eigenvalue weighted by molar-refractivity contribution is 0.728. The van der Waals surface area contributed by atoms with E-state index in [1.165, 1.54) is 34.4 Å². The number of amidine groups is 1. The molecule has 2 nitrogen and oxygen atoms in total. The predicted octanol–water partition coefficient (Wildman–Crippen LogP) is 3.57. The molecular weight excluding hydrogens is 272 g/mol. The number of aliphatic imine (C=N–C) groups is 1. The molecule has 2 rings (SSSR count). The van der Waals surface area contributed by atoms with Gasteiger partial charge in [0.05, 0.1) is 12.4 Å². The molecule has 0 fully saturated rings. The Bertz CT molecular complexity index is 346. The average molecular weight is 287 g/mol. The zero-order valence-corrected chi connectivity index (χ0v) is 11.0. The maximum absolute atomic E-state index is 4.55. The minimum absolute atomic E-state index is 0.900. The Kier molecular flexibility index (Phi) is 4.20. The third-order valence-electron chi connectivity index (χ3n) is 2.52. The topological polar surface area (TPSA) is 24.4 Å². The van der Waals surface area contributed by atoms with Crippen molar-refractivity contribution in [3.8, 4) is 0 Å². The molecular formula is C11H15BrN2S. The van der Waals surface area contributed by atoms with Crippen LogP contribution in [-0.2, 0) is 6.54 Å². The molecule has 0 bridgehead atoms. The van der Waals surface area contributed by atoms with Crippen molar-refractivity contribution in [3.05, 3.63) is 20.8 Å². The fraction of sp³-hybridized carbons (Fsp3) is 0.545. The van der Waals surface area contributed by atoms with Crippen molar-refractivity contribution >= 4 is 33.1 Å². The molecule has 0 radical (unpaired) electrons. The SMILES string of the molecule is Brc1ccsc1CNC1=NCCCCC1. The van der Waals surface area contributed by atoms with Gasteiger partial charge in [-0.15, -0.1) is 11.3 Å². The molecule has 4 heteroatoms. The minimum Gasteiger partial charge on any atom is -0.369 e. The Morgan fingerprint density at radius 1 is 1.40 bits per heavy atom. The summed E-state index contributed by atoms with van der Waals surface area (Å²) in [5, 5.41) is 5.54. The molecule has 0 unspecified atom stereocenters. The van der Waals surface area contributed by atoms with Gasteiger partial charge in [-0.1, -0.05) is 6.42 Å². The number of hydrogen-bond donors (Lipinski definition) is 1. The second-order valence-corrected chi connectivity index (χ2v) is 5.54. The van der Waals surface area contributed by atoms with Crippen LogP contribution in [0.5, 0.6) is 0 Å². The van der Waals surface area contributed by atoms with Crippen LogP contribution in [0.15, 0.2) is 20.9 Å². The van der Waals surface area contributed by atoms with Crippen LogP contribution in [0.4, 0.5) is 0 Å². The molecule has 1 aromatic rings. The Balaban J connectivity index is 1.87. The Morgan fingerprint density at radius 2 is 2.33 bits per heavy atom. The lowest BCUT2D eigenvalue weighted by Gasteiger charge is -2.07. The minimum atomic E-state index is 0.900. The molecule has 0 amide bonds. The summed E-state index contributed by atoms with van der Waals surface area (Å²) in [4.78, 5) is 5.90. The van der Waals surface area contributed by atoms with Crippen molar-refractivity contribution in [2.75, 3.05) is 6.54 Å². The third-order valence-corrected chi connectivity index (χ3v) is 4.44. The fourth-order valence-electron chi connectivity index (χ4n) is 1.65. The standard InChI is InChI=1S/C11H15BrN2S/c12-9-5-7-15-10(9)8-14-11-4-2-1-3-6-13-11/h5,7H,1-4,6,8H2,(H,13,14). The van der Waals surface area contributed by atoms with E-state index in [1.807, 2.05) is 0 Å². The summed E-state index contributed by atoms with van der Waals surface area (Å²) in [6.45, 7) is 1.89. The Labute approximate surface area is 103 Å². The van der Waals surface area contributed by atoms with Gasteiger partial charge in [-0.05, 0) is 40.2 Å². The van der Waals surface area contributed by atoms with Gasteiger partial charge in [0, 0.05) is 22.3 Å². The van der Waals surface area contributed by atoms with Crippen LogP contribution in [0, 0.1) is 0 Å². The van der Waals surface area contributed by atoms with Gasteiger partial charge in [0.15, 0.2) is 0 Å². The molecule has 1 aliphatic heterocycles. The number of nitrogens with zero attached hydrogens (tertiary/aromatic N) is 1. The number of nitrogens with one attached hydrogen (secondary N) is 1. The lowest BCUT2D eigenvalue weighted by Crippen LogP contribution is -2.22. The molecule has 1 aromatic heterocycles. The maximum Gasteiger partial charge on any atom is 0.0965 e. The van der Waals surface area contributed by atoms with E-state index in [0.29, 0.717) is 0 Å². The first-order valence-electron chi connectivity index (χ1n) is 5.35. The van der Waals surface area contributed by atoms with E-state index in [0.717, 1.165) is 19.5 Å². The van der Waals surface area contributed by atoms with E-state index >= 15 is 0 Å².